The molecule has 6 nitrogen and oxygen atoms in total. The molecule has 1 aromatic carbocycles. The lowest BCUT2D eigenvalue weighted by atomic mass is 10.1. The van der Waals surface area contributed by atoms with Gasteiger partial charge in [0.15, 0.2) is 0 Å². The van der Waals surface area contributed by atoms with Gasteiger partial charge in [-0.2, -0.15) is 0 Å². The van der Waals surface area contributed by atoms with Gasteiger partial charge in [-0.1, -0.05) is 0 Å². The van der Waals surface area contributed by atoms with Crippen LogP contribution in [0, 0.1) is 11.6 Å². The van der Waals surface area contributed by atoms with Crippen LogP contribution >= 0.6 is 0 Å². The third kappa shape index (κ3) is 4.73. The van der Waals surface area contributed by atoms with Gasteiger partial charge in [0.05, 0.1) is 12.8 Å². The average Bonchev–Trinajstić information content (AvgIpc) is 2.58. The second-order valence-corrected chi connectivity index (χ2v) is 4.78. The molecule has 2 aromatic rings. The first-order valence-electron chi connectivity index (χ1n) is 7.06. The summed E-state index contributed by atoms with van der Waals surface area (Å²) in [6, 6.07) is 6.55. The number of pyridine rings is 1. The van der Waals surface area contributed by atoms with Crippen LogP contribution in [0.3, 0.4) is 0 Å². The highest BCUT2D eigenvalue weighted by atomic mass is 19.1. The number of carbonyl (C=O) groups is 1. The zero-order valence-electron chi connectivity index (χ0n) is 12.9. The Morgan fingerprint density at radius 2 is 2.12 bits per heavy atom. The van der Waals surface area contributed by atoms with Gasteiger partial charge in [-0.3, -0.25) is 4.79 Å². The molecule has 3 N–H and O–H groups in total. The van der Waals surface area contributed by atoms with E-state index in [4.69, 9.17) is 10.5 Å². The van der Waals surface area contributed by atoms with Crippen LogP contribution < -0.4 is 11.1 Å². The largest absolute Gasteiger partial charge is 0.465 e. The molecule has 8 heteroatoms. The third-order valence-corrected chi connectivity index (χ3v) is 3.11. The zero-order valence-corrected chi connectivity index (χ0v) is 12.9. The Morgan fingerprint density at radius 3 is 2.79 bits per heavy atom. The molecule has 0 fully saturated rings. The van der Waals surface area contributed by atoms with E-state index >= 15 is 0 Å². The number of benzene rings is 1. The number of carbonyl (C=O) groups excluding carboxylic acids is 1. The molecular formula is C16H16F2N4O2. The molecular weight excluding hydrogens is 318 g/mol. The molecule has 0 spiro atoms. The van der Waals surface area contributed by atoms with Crippen molar-refractivity contribution >= 4 is 17.6 Å². The van der Waals surface area contributed by atoms with Crippen molar-refractivity contribution in [2.75, 3.05) is 19.0 Å². The Bertz CT molecular complexity index is 748. The molecule has 0 bridgehead atoms. The van der Waals surface area contributed by atoms with Gasteiger partial charge >= 0.3 is 0 Å². The summed E-state index contributed by atoms with van der Waals surface area (Å²) in [6.07, 6.45) is 1.20. The van der Waals surface area contributed by atoms with E-state index in [1.165, 1.54) is 31.3 Å². The van der Waals surface area contributed by atoms with E-state index in [0.717, 1.165) is 12.3 Å². The highest BCUT2D eigenvalue weighted by Crippen LogP contribution is 2.16. The summed E-state index contributed by atoms with van der Waals surface area (Å²) in [5.41, 5.74) is 6.18. The molecule has 1 aromatic heterocycles. The van der Waals surface area contributed by atoms with Crippen molar-refractivity contribution in [3.63, 3.8) is 0 Å². The summed E-state index contributed by atoms with van der Waals surface area (Å²) in [7, 11) is 1.48. The van der Waals surface area contributed by atoms with E-state index in [-0.39, 0.29) is 24.7 Å². The van der Waals surface area contributed by atoms with Gasteiger partial charge in [0.2, 0.25) is 0 Å². The van der Waals surface area contributed by atoms with Crippen LogP contribution in [-0.2, 0) is 11.2 Å². The van der Waals surface area contributed by atoms with Crippen molar-refractivity contribution in [3.05, 3.63) is 59.4 Å². The molecule has 0 aliphatic carbocycles. The Balaban J connectivity index is 2.04. The Hall–Kier alpha value is -3.03. The number of aliphatic imine (C=N–C) groups is 1. The minimum Gasteiger partial charge on any atom is -0.465 e. The quantitative estimate of drug-likeness (QED) is 0.647. The monoisotopic (exact) mass is 334 g/mol. The predicted octanol–water partition coefficient (Wildman–Crippen LogP) is 2.12. The first-order chi connectivity index (χ1) is 11.5. The van der Waals surface area contributed by atoms with Gasteiger partial charge in [0.25, 0.3) is 11.9 Å². The first-order valence-corrected chi connectivity index (χ1v) is 7.06. The van der Waals surface area contributed by atoms with Crippen LogP contribution in [-0.4, -0.2) is 30.6 Å². The van der Waals surface area contributed by atoms with Gasteiger partial charge < -0.3 is 15.8 Å². The fourth-order valence-electron chi connectivity index (χ4n) is 1.88. The van der Waals surface area contributed by atoms with E-state index in [2.05, 4.69) is 15.3 Å². The van der Waals surface area contributed by atoms with Crippen LogP contribution in [0.25, 0.3) is 0 Å². The van der Waals surface area contributed by atoms with E-state index < -0.39 is 17.5 Å². The van der Waals surface area contributed by atoms with Crippen LogP contribution in [0.1, 0.15) is 16.1 Å². The molecule has 0 saturated heterocycles. The number of hydrogen-bond donors (Lipinski definition) is 2. The van der Waals surface area contributed by atoms with E-state index in [0.29, 0.717) is 11.3 Å². The molecule has 1 amide bonds. The summed E-state index contributed by atoms with van der Waals surface area (Å²) in [6.45, 7) is 0.150. The average molecular weight is 334 g/mol. The van der Waals surface area contributed by atoms with E-state index in [9.17, 15) is 13.6 Å². The third-order valence-electron chi connectivity index (χ3n) is 3.11. The lowest BCUT2D eigenvalue weighted by Crippen LogP contribution is -2.18. The minimum atomic E-state index is -0.537. The minimum absolute atomic E-state index is 0.0160. The second-order valence-electron chi connectivity index (χ2n) is 4.78. The van der Waals surface area contributed by atoms with Crippen molar-refractivity contribution < 1.29 is 18.3 Å². The van der Waals surface area contributed by atoms with Crippen molar-refractivity contribution in [2.45, 2.75) is 6.42 Å². The Kier molecular flexibility index (Phi) is 5.78. The highest BCUT2D eigenvalue weighted by molar-refractivity contribution is 6.02. The van der Waals surface area contributed by atoms with E-state index in [1.807, 2.05) is 0 Å². The van der Waals surface area contributed by atoms with Gasteiger partial charge in [-0.15, -0.1) is 0 Å². The summed E-state index contributed by atoms with van der Waals surface area (Å²) >= 11 is 0. The fraction of sp³-hybridized carbons (Fsp3) is 0.188. The summed E-state index contributed by atoms with van der Waals surface area (Å²) in [4.78, 5) is 19.3. The number of anilines is 1. The zero-order chi connectivity index (χ0) is 17.5. The number of amides is 1. The van der Waals surface area contributed by atoms with Crippen molar-refractivity contribution in [1.29, 1.82) is 0 Å². The maximum absolute atomic E-state index is 13.8. The molecule has 126 valence electrons. The fourth-order valence-corrected chi connectivity index (χ4v) is 1.88. The first kappa shape index (κ1) is 17.3. The van der Waals surface area contributed by atoms with Crippen LogP contribution in [0.4, 0.5) is 14.5 Å². The Labute approximate surface area is 137 Å². The number of halogens is 2. The molecule has 0 unspecified atom stereocenters. The van der Waals surface area contributed by atoms with Gasteiger partial charge in [0, 0.05) is 19.2 Å². The second kappa shape index (κ2) is 8.00. The Morgan fingerprint density at radius 1 is 1.33 bits per heavy atom. The molecule has 0 aliphatic rings. The summed E-state index contributed by atoms with van der Waals surface area (Å²) in [5.74, 6) is -1.49. The maximum atomic E-state index is 13.8. The number of nitrogens with two attached hydrogens (primary N) is 1. The number of nitrogens with one attached hydrogen (secondary N) is 1. The molecule has 0 saturated carbocycles. The molecule has 0 radical (unpaired) electrons. The lowest BCUT2D eigenvalue weighted by molar-refractivity contribution is 0.102. The van der Waals surface area contributed by atoms with Crippen LogP contribution in [0.5, 0.6) is 0 Å². The standard InChI is InChI=1S/C16H16F2N4O2/c1-20-16(19)24-7-6-10-8-12(3-4-13(10)18)22-15(23)14-5-2-11(17)9-21-14/h2-5,8-9H,6-7H2,1H3,(H2,19,20)(H,22,23). The number of aromatic nitrogens is 1. The van der Waals surface area contributed by atoms with Crippen molar-refractivity contribution in [2.24, 2.45) is 10.7 Å². The summed E-state index contributed by atoms with van der Waals surface area (Å²) in [5, 5.41) is 2.58. The lowest BCUT2D eigenvalue weighted by Gasteiger charge is -2.09. The normalized spacial score (nSPS) is 11.2. The molecule has 1 heterocycles. The number of ether oxygens (including phenoxy) is 1. The molecule has 0 atom stereocenters. The van der Waals surface area contributed by atoms with E-state index in [1.54, 1.807) is 0 Å². The van der Waals surface area contributed by atoms with Crippen LogP contribution in [0.15, 0.2) is 41.5 Å². The smallest absolute Gasteiger partial charge is 0.281 e. The number of hydrogen-bond acceptors (Lipinski definition) is 4. The van der Waals surface area contributed by atoms with Crippen molar-refractivity contribution in [3.8, 4) is 0 Å². The molecule has 24 heavy (non-hydrogen) atoms. The van der Waals surface area contributed by atoms with Crippen molar-refractivity contribution in [1.82, 2.24) is 4.98 Å². The SMILES string of the molecule is CN=C(N)OCCc1cc(NC(=O)c2ccc(F)cn2)ccc1F. The number of amidine groups is 1. The predicted molar refractivity (Wildman–Crippen MR) is 85.8 cm³/mol. The summed E-state index contributed by atoms with van der Waals surface area (Å²) < 4.78 is 31.7. The highest BCUT2D eigenvalue weighted by Gasteiger charge is 2.10. The molecule has 0 aliphatic heterocycles. The number of rotatable bonds is 5. The topological polar surface area (TPSA) is 89.6 Å². The molecule has 2 rings (SSSR count). The van der Waals surface area contributed by atoms with Crippen LogP contribution in [0.2, 0.25) is 0 Å². The number of nitrogens with zero attached hydrogens (tertiary/aromatic N) is 2. The maximum Gasteiger partial charge on any atom is 0.281 e. The van der Waals surface area contributed by atoms with Gasteiger partial charge in [-0.25, -0.2) is 18.8 Å². The van der Waals surface area contributed by atoms with Gasteiger partial charge in [0.1, 0.15) is 17.3 Å². The van der Waals surface area contributed by atoms with Gasteiger partial charge in [-0.05, 0) is 35.9 Å².